The number of fused-ring (bicyclic) bond motifs is 1. The first kappa shape index (κ1) is 23.7. The summed E-state index contributed by atoms with van der Waals surface area (Å²) in [5, 5.41) is 3.58. The van der Waals surface area contributed by atoms with Crippen molar-refractivity contribution in [2.75, 3.05) is 38.5 Å². The van der Waals surface area contributed by atoms with Crippen molar-refractivity contribution < 1.29 is 22.7 Å². The van der Waals surface area contributed by atoms with Gasteiger partial charge in [0.15, 0.2) is 0 Å². The number of ether oxygens (including phenoxy) is 1. The number of aromatic nitrogens is 3. The molecule has 0 aliphatic carbocycles. The van der Waals surface area contributed by atoms with Crippen LogP contribution >= 0.6 is 0 Å². The van der Waals surface area contributed by atoms with Gasteiger partial charge in [0.05, 0.1) is 5.52 Å². The van der Waals surface area contributed by atoms with Gasteiger partial charge >= 0.3 is 6.36 Å². The van der Waals surface area contributed by atoms with Crippen LogP contribution < -0.4 is 10.1 Å². The molecule has 0 saturated carbocycles. The molecule has 8 nitrogen and oxygen atoms in total. The Morgan fingerprint density at radius 1 is 1.09 bits per heavy atom. The standard InChI is InChI=1S/C23H25F3N6O2/c1-14(2)16-6-4-5-15-13-27-22(30-19(15)16)29-17-7-8-18(28-20(17)34-23(24,25)26)21(33)32-11-9-31(3)10-12-32/h4-8,13-14H,9-12H2,1-3H3,(H,27,29,30). The molecule has 1 amide bonds. The molecule has 1 N–H and O–H groups in total. The van der Waals surface area contributed by atoms with E-state index in [2.05, 4.69) is 29.9 Å². The normalized spacial score (nSPS) is 15.1. The molecule has 1 fully saturated rings. The van der Waals surface area contributed by atoms with E-state index in [4.69, 9.17) is 0 Å². The number of piperazine rings is 1. The van der Waals surface area contributed by atoms with Crippen molar-refractivity contribution in [3.05, 3.63) is 47.8 Å². The van der Waals surface area contributed by atoms with Crippen molar-refractivity contribution in [3.8, 4) is 5.88 Å². The minimum Gasteiger partial charge on any atom is -0.386 e. The third kappa shape index (κ3) is 5.36. The predicted octanol–water partition coefficient (Wildman–Crippen LogP) is 4.18. The Balaban J connectivity index is 1.66. The van der Waals surface area contributed by atoms with Crippen molar-refractivity contribution in [2.24, 2.45) is 0 Å². The summed E-state index contributed by atoms with van der Waals surface area (Å²) < 4.78 is 43.5. The van der Waals surface area contributed by atoms with Gasteiger partial charge in [-0.2, -0.15) is 0 Å². The Morgan fingerprint density at radius 3 is 2.50 bits per heavy atom. The molecule has 0 bridgehead atoms. The number of rotatable bonds is 5. The fourth-order valence-corrected chi connectivity index (χ4v) is 3.74. The fraction of sp³-hybridized carbons (Fsp3) is 0.391. The molecule has 34 heavy (non-hydrogen) atoms. The van der Waals surface area contributed by atoms with Crippen LogP contribution in [0.2, 0.25) is 0 Å². The maximum Gasteiger partial charge on any atom is 0.574 e. The van der Waals surface area contributed by atoms with E-state index in [9.17, 15) is 18.0 Å². The van der Waals surface area contributed by atoms with Gasteiger partial charge in [-0.3, -0.25) is 4.79 Å². The van der Waals surface area contributed by atoms with E-state index in [1.165, 1.54) is 12.1 Å². The zero-order valence-electron chi connectivity index (χ0n) is 19.1. The Kier molecular flexibility index (Phi) is 6.56. The van der Waals surface area contributed by atoms with Gasteiger partial charge in [0, 0.05) is 37.8 Å². The van der Waals surface area contributed by atoms with Crippen molar-refractivity contribution in [2.45, 2.75) is 26.1 Å². The summed E-state index contributed by atoms with van der Waals surface area (Å²) in [4.78, 5) is 29.0. The first-order valence-corrected chi connectivity index (χ1v) is 10.9. The molecule has 3 aromatic rings. The highest BCUT2D eigenvalue weighted by Gasteiger charge is 2.34. The van der Waals surface area contributed by atoms with Crippen LogP contribution in [0, 0.1) is 0 Å². The molecule has 1 aromatic carbocycles. The zero-order valence-corrected chi connectivity index (χ0v) is 19.1. The molecule has 180 valence electrons. The topological polar surface area (TPSA) is 83.5 Å². The van der Waals surface area contributed by atoms with E-state index >= 15 is 0 Å². The molecule has 1 aliphatic rings. The van der Waals surface area contributed by atoms with Gasteiger partial charge in [0.2, 0.25) is 11.8 Å². The van der Waals surface area contributed by atoms with E-state index in [1.807, 2.05) is 39.1 Å². The van der Waals surface area contributed by atoms with Crippen LogP contribution in [-0.2, 0) is 0 Å². The van der Waals surface area contributed by atoms with Gasteiger partial charge in [-0.1, -0.05) is 32.0 Å². The summed E-state index contributed by atoms with van der Waals surface area (Å²) >= 11 is 0. The summed E-state index contributed by atoms with van der Waals surface area (Å²) in [7, 11) is 1.94. The minimum atomic E-state index is -4.99. The molecule has 0 spiro atoms. The van der Waals surface area contributed by atoms with Crippen molar-refractivity contribution in [1.29, 1.82) is 0 Å². The third-order valence-electron chi connectivity index (χ3n) is 5.59. The fourth-order valence-electron chi connectivity index (χ4n) is 3.74. The Labute approximate surface area is 194 Å². The maximum atomic E-state index is 13.1. The van der Waals surface area contributed by atoms with Crippen LogP contribution in [0.25, 0.3) is 10.9 Å². The largest absolute Gasteiger partial charge is 0.574 e. The third-order valence-corrected chi connectivity index (χ3v) is 5.59. The second-order valence-corrected chi connectivity index (χ2v) is 8.45. The number of hydrogen-bond donors (Lipinski definition) is 1. The molecule has 2 aromatic heterocycles. The van der Waals surface area contributed by atoms with Crippen LogP contribution in [0.15, 0.2) is 36.5 Å². The van der Waals surface area contributed by atoms with Crippen LogP contribution in [-0.4, -0.2) is 70.2 Å². The second kappa shape index (κ2) is 9.41. The number of alkyl halides is 3. The molecular formula is C23H25F3N6O2. The maximum absolute atomic E-state index is 13.1. The summed E-state index contributed by atoms with van der Waals surface area (Å²) in [5.41, 5.74) is 1.45. The first-order chi connectivity index (χ1) is 16.1. The Hall–Kier alpha value is -3.47. The summed E-state index contributed by atoms with van der Waals surface area (Å²) in [6.07, 6.45) is -3.40. The smallest absolute Gasteiger partial charge is 0.386 e. The highest BCUT2D eigenvalue weighted by atomic mass is 19.4. The lowest BCUT2D eigenvalue weighted by Gasteiger charge is -2.32. The van der Waals surface area contributed by atoms with Crippen molar-refractivity contribution in [1.82, 2.24) is 24.8 Å². The molecule has 1 saturated heterocycles. The molecule has 1 aliphatic heterocycles. The summed E-state index contributed by atoms with van der Waals surface area (Å²) in [5.74, 6) is -0.937. The molecule has 0 unspecified atom stereocenters. The SMILES string of the molecule is CC(C)c1cccc2cnc(Nc3ccc(C(=O)N4CCN(C)CC4)nc3OC(F)(F)F)nc12. The molecule has 4 rings (SSSR count). The zero-order chi connectivity index (χ0) is 24.5. The van der Waals surface area contributed by atoms with E-state index < -0.39 is 18.1 Å². The highest BCUT2D eigenvalue weighted by Crippen LogP contribution is 2.31. The van der Waals surface area contributed by atoms with Crippen LogP contribution in [0.1, 0.15) is 35.8 Å². The number of hydrogen-bond acceptors (Lipinski definition) is 7. The first-order valence-electron chi connectivity index (χ1n) is 10.9. The quantitative estimate of drug-likeness (QED) is 0.594. The highest BCUT2D eigenvalue weighted by molar-refractivity contribution is 5.93. The number of carbonyl (C=O) groups is 1. The molecule has 0 radical (unpaired) electrons. The lowest BCUT2D eigenvalue weighted by atomic mass is 10.0. The van der Waals surface area contributed by atoms with Gasteiger partial charge in [0.1, 0.15) is 11.4 Å². The lowest BCUT2D eigenvalue weighted by molar-refractivity contribution is -0.275. The molecule has 11 heteroatoms. The van der Waals surface area contributed by atoms with E-state index in [-0.39, 0.29) is 23.2 Å². The van der Waals surface area contributed by atoms with E-state index in [1.54, 1.807) is 11.1 Å². The van der Waals surface area contributed by atoms with Crippen LogP contribution in [0.4, 0.5) is 24.8 Å². The second-order valence-electron chi connectivity index (χ2n) is 8.45. The number of para-hydroxylation sites is 1. The average molecular weight is 474 g/mol. The molecule has 3 heterocycles. The number of amides is 1. The lowest BCUT2D eigenvalue weighted by Crippen LogP contribution is -2.47. The number of pyridine rings is 1. The predicted molar refractivity (Wildman–Crippen MR) is 121 cm³/mol. The van der Waals surface area contributed by atoms with Crippen molar-refractivity contribution >= 4 is 28.4 Å². The average Bonchev–Trinajstić information content (AvgIpc) is 2.78. The number of halogens is 3. The van der Waals surface area contributed by atoms with Crippen molar-refractivity contribution in [3.63, 3.8) is 0 Å². The van der Waals surface area contributed by atoms with Gasteiger partial charge in [-0.25, -0.2) is 15.0 Å². The summed E-state index contributed by atoms with van der Waals surface area (Å²) in [6, 6.07) is 8.40. The monoisotopic (exact) mass is 474 g/mol. The Bertz CT molecular complexity index is 1190. The van der Waals surface area contributed by atoms with Crippen LogP contribution in [0.3, 0.4) is 0 Å². The number of nitrogens with zero attached hydrogens (tertiary/aromatic N) is 5. The Morgan fingerprint density at radius 2 is 1.82 bits per heavy atom. The van der Waals surface area contributed by atoms with Gasteiger partial charge in [-0.15, -0.1) is 13.2 Å². The van der Waals surface area contributed by atoms with Crippen LogP contribution in [0.5, 0.6) is 5.88 Å². The van der Waals surface area contributed by atoms with E-state index in [0.29, 0.717) is 31.7 Å². The number of likely N-dealkylation sites (N-methyl/N-ethyl adjacent to an activating group) is 1. The van der Waals surface area contributed by atoms with Gasteiger partial charge in [0.25, 0.3) is 5.91 Å². The van der Waals surface area contributed by atoms with Gasteiger partial charge < -0.3 is 19.9 Å². The van der Waals surface area contributed by atoms with E-state index in [0.717, 1.165) is 10.9 Å². The summed E-state index contributed by atoms with van der Waals surface area (Å²) in [6.45, 7) is 6.34. The number of carbonyl (C=O) groups excluding carboxylic acids is 1. The number of nitrogens with one attached hydrogen (secondary N) is 1. The number of anilines is 2. The minimum absolute atomic E-state index is 0.0903. The number of benzene rings is 1. The molecular weight excluding hydrogens is 449 g/mol. The van der Waals surface area contributed by atoms with Gasteiger partial charge in [-0.05, 0) is 30.7 Å². The molecule has 0 atom stereocenters.